The van der Waals surface area contributed by atoms with Crippen molar-refractivity contribution in [2.24, 2.45) is 0 Å². The Morgan fingerprint density at radius 1 is 1.38 bits per heavy atom. The highest BCUT2D eigenvalue weighted by molar-refractivity contribution is 7.19. The summed E-state index contributed by atoms with van der Waals surface area (Å²) < 4.78 is 1.61. The minimum absolute atomic E-state index is 0.351. The van der Waals surface area contributed by atoms with Crippen molar-refractivity contribution in [1.29, 1.82) is 0 Å². The zero-order valence-electron chi connectivity index (χ0n) is 11.1. The van der Waals surface area contributed by atoms with Crippen LogP contribution in [0.15, 0.2) is 12.4 Å². The molecule has 0 radical (unpaired) electrons. The number of nitrogens with zero attached hydrogens (tertiary/aromatic N) is 4. The van der Waals surface area contributed by atoms with E-state index in [2.05, 4.69) is 15.1 Å². The average molecular weight is 299 g/mol. The Balaban J connectivity index is 1.95. The first-order chi connectivity index (χ1) is 10.2. The van der Waals surface area contributed by atoms with Crippen molar-refractivity contribution in [3.8, 4) is 0 Å². The van der Waals surface area contributed by atoms with E-state index in [4.69, 9.17) is 0 Å². The van der Waals surface area contributed by atoms with Crippen LogP contribution in [0.25, 0.3) is 21.9 Å². The van der Waals surface area contributed by atoms with Gasteiger partial charge in [0.2, 0.25) is 0 Å². The summed E-state index contributed by atoms with van der Waals surface area (Å²) in [6, 6.07) is 0. The fraction of sp³-hybridized carbons (Fsp3) is 0.286. The molecule has 4 rings (SSSR count). The molecule has 3 aromatic heterocycles. The number of carboxylic acids is 1. The molecule has 0 amide bonds. The molecule has 0 fully saturated rings. The molecule has 0 saturated carbocycles. The molecule has 0 spiro atoms. The van der Waals surface area contributed by atoms with Crippen LogP contribution in [0.2, 0.25) is 0 Å². The van der Waals surface area contributed by atoms with Crippen molar-refractivity contribution in [2.75, 3.05) is 0 Å². The summed E-state index contributed by atoms with van der Waals surface area (Å²) in [6.07, 6.45) is 8.47. The summed E-state index contributed by atoms with van der Waals surface area (Å²) in [5, 5.41) is 15.8. The summed E-state index contributed by atoms with van der Waals surface area (Å²) in [5.74, 6) is -0.908. The van der Waals surface area contributed by atoms with Crippen LogP contribution in [0.3, 0.4) is 0 Å². The monoisotopic (exact) mass is 299 g/mol. The van der Waals surface area contributed by atoms with Gasteiger partial charge in [-0.3, -0.25) is 0 Å². The minimum Gasteiger partial charge on any atom is -0.545 e. The highest BCUT2D eigenvalue weighted by Crippen LogP contribution is 2.36. The molecule has 6 nitrogen and oxygen atoms in total. The standard InChI is InChI=1S/C14H12N4O2S/c19-11(20)6-5-10-16-13-12-8-3-1-2-4-9(8)21-14(12)15-7-18(13)17-10/h5-7H,1-4H2,(H,19,20)/p-1/b6-5+. The molecule has 21 heavy (non-hydrogen) atoms. The third-order valence-corrected chi connectivity index (χ3v) is 4.88. The van der Waals surface area contributed by atoms with Gasteiger partial charge in [-0.25, -0.2) is 14.5 Å². The molecule has 0 N–H and O–H groups in total. The number of hydrogen-bond donors (Lipinski definition) is 0. The first-order valence-electron chi connectivity index (χ1n) is 6.77. The first kappa shape index (κ1) is 12.5. The van der Waals surface area contributed by atoms with Gasteiger partial charge < -0.3 is 9.90 Å². The lowest BCUT2D eigenvalue weighted by Gasteiger charge is -2.09. The molecule has 0 aliphatic heterocycles. The van der Waals surface area contributed by atoms with Crippen molar-refractivity contribution in [2.45, 2.75) is 25.7 Å². The summed E-state index contributed by atoms with van der Waals surface area (Å²) in [5.41, 5.74) is 2.08. The van der Waals surface area contributed by atoms with Gasteiger partial charge in [-0.2, -0.15) is 0 Å². The maximum Gasteiger partial charge on any atom is 0.175 e. The lowest BCUT2D eigenvalue weighted by molar-refractivity contribution is -0.297. The predicted molar refractivity (Wildman–Crippen MR) is 76.8 cm³/mol. The third kappa shape index (κ3) is 2.01. The summed E-state index contributed by atoms with van der Waals surface area (Å²) >= 11 is 1.73. The van der Waals surface area contributed by atoms with E-state index in [1.807, 2.05) is 0 Å². The Kier molecular flexibility index (Phi) is 2.75. The number of carboxylic acid groups (broad SMARTS) is 1. The molecular weight excluding hydrogens is 288 g/mol. The number of carbonyl (C=O) groups is 1. The van der Waals surface area contributed by atoms with E-state index in [-0.39, 0.29) is 0 Å². The summed E-state index contributed by atoms with van der Waals surface area (Å²) in [7, 11) is 0. The normalized spacial score (nSPS) is 15.0. The van der Waals surface area contributed by atoms with Gasteiger partial charge in [-0.05, 0) is 43.4 Å². The largest absolute Gasteiger partial charge is 0.545 e. The van der Waals surface area contributed by atoms with Crippen LogP contribution >= 0.6 is 11.3 Å². The van der Waals surface area contributed by atoms with Gasteiger partial charge in [0, 0.05) is 4.88 Å². The quantitative estimate of drug-likeness (QED) is 0.659. The lowest BCUT2D eigenvalue weighted by atomic mass is 9.97. The molecule has 7 heteroatoms. The van der Waals surface area contributed by atoms with Gasteiger partial charge in [0.1, 0.15) is 11.2 Å². The molecule has 0 bridgehead atoms. The smallest absolute Gasteiger partial charge is 0.175 e. The molecular formula is C14H11N4O2S-. The van der Waals surface area contributed by atoms with Gasteiger partial charge >= 0.3 is 0 Å². The first-order valence-corrected chi connectivity index (χ1v) is 7.59. The number of aryl methyl sites for hydroxylation is 2. The minimum atomic E-state index is -1.26. The van der Waals surface area contributed by atoms with Gasteiger partial charge in [0.05, 0.1) is 11.4 Å². The highest BCUT2D eigenvalue weighted by atomic mass is 32.1. The van der Waals surface area contributed by atoms with Crippen LogP contribution in [0, 0.1) is 0 Å². The molecule has 3 aromatic rings. The highest BCUT2D eigenvalue weighted by Gasteiger charge is 2.20. The van der Waals surface area contributed by atoms with E-state index in [1.54, 1.807) is 22.2 Å². The molecule has 0 aromatic carbocycles. The van der Waals surface area contributed by atoms with Gasteiger partial charge in [-0.1, -0.05) is 0 Å². The van der Waals surface area contributed by atoms with Crippen molar-refractivity contribution in [3.63, 3.8) is 0 Å². The molecule has 106 valence electrons. The van der Waals surface area contributed by atoms with E-state index in [0.717, 1.165) is 34.8 Å². The number of carbonyl (C=O) groups excluding carboxylic acids is 1. The summed E-state index contributed by atoms with van der Waals surface area (Å²) in [4.78, 5) is 21.7. The SMILES string of the molecule is O=C([O-])/C=C/c1nc2c3c4c(sc3ncn2n1)CCCC4. The molecule has 3 heterocycles. The Labute approximate surface area is 123 Å². The zero-order chi connectivity index (χ0) is 14.4. The number of fused-ring (bicyclic) bond motifs is 5. The Bertz CT molecular complexity index is 893. The topological polar surface area (TPSA) is 83.2 Å². The maximum absolute atomic E-state index is 10.5. The second kappa shape index (κ2) is 4.63. The second-order valence-electron chi connectivity index (χ2n) is 5.03. The Morgan fingerprint density at radius 2 is 2.24 bits per heavy atom. The molecule has 1 aliphatic carbocycles. The van der Waals surface area contributed by atoms with Crippen LogP contribution in [0.1, 0.15) is 29.1 Å². The Morgan fingerprint density at radius 3 is 3.10 bits per heavy atom. The number of hydrogen-bond acceptors (Lipinski definition) is 6. The third-order valence-electron chi connectivity index (χ3n) is 3.68. The van der Waals surface area contributed by atoms with E-state index in [1.165, 1.54) is 29.4 Å². The Hall–Kier alpha value is -2.28. The fourth-order valence-corrected chi connectivity index (χ4v) is 4.01. The van der Waals surface area contributed by atoms with Crippen molar-refractivity contribution in [1.82, 2.24) is 19.6 Å². The molecule has 0 unspecified atom stereocenters. The van der Waals surface area contributed by atoms with Gasteiger partial charge in [0.25, 0.3) is 0 Å². The van der Waals surface area contributed by atoms with Crippen LogP contribution in [0.4, 0.5) is 0 Å². The maximum atomic E-state index is 10.5. The molecule has 0 atom stereocenters. The molecule has 1 aliphatic rings. The second-order valence-corrected chi connectivity index (χ2v) is 6.11. The van der Waals surface area contributed by atoms with E-state index >= 15 is 0 Å². The van der Waals surface area contributed by atoms with E-state index in [9.17, 15) is 9.90 Å². The fourth-order valence-electron chi connectivity index (χ4n) is 2.78. The van der Waals surface area contributed by atoms with Crippen LogP contribution in [-0.4, -0.2) is 25.6 Å². The number of thiophene rings is 1. The summed E-state index contributed by atoms with van der Waals surface area (Å²) in [6.45, 7) is 0. The number of aromatic nitrogens is 4. The van der Waals surface area contributed by atoms with Crippen LogP contribution in [0.5, 0.6) is 0 Å². The lowest BCUT2D eigenvalue weighted by Crippen LogP contribution is -2.18. The van der Waals surface area contributed by atoms with Gasteiger partial charge in [-0.15, -0.1) is 16.4 Å². The van der Waals surface area contributed by atoms with Crippen molar-refractivity contribution in [3.05, 3.63) is 28.7 Å². The van der Waals surface area contributed by atoms with E-state index < -0.39 is 5.97 Å². The van der Waals surface area contributed by atoms with Crippen molar-refractivity contribution < 1.29 is 9.90 Å². The van der Waals surface area contributed by atoms with Gasteiger partial charge in [0.15, 0.2) is 11.5 Å². The van der Waals surface area contributed by atoms with Crippen molar-refractivity contribution >= 4 is 39.2 Å². The zero-order valence-corrected chi connectivity index (χ0v) is 11.9. The predicted octanol–water partition coefficient (Wildman–Crippen LogP) is 0.981. The van der Waals surface area contributed by atoms with Crippen LogP contribution < -0.4 is 5.11 Å². The average Bonchev–Trinajstić information content (AvgIpc) is 3.04. The number of aliphatic carboxylic acids is 1. The van der Waals surface area contributed by atoms with Crippen LogP contribution in [-0.2, 0) is 17.6 Å². The van der Waals surface area contributed by atoms with E-state index in [0.29, 0.717) is 5.82 Å². The molecule has 0 saturated heterocycles. The number of rotatable bonds is 2.